The molecule has 1 aliphatic rings. The first-order valence-electron chi connectivity index (χ1n) is 9.39. The maximum atomic E-state index is 11.6. The van der Waals surface area contributed by atoms with Gasteiger partial charge in [0.05, 0.1) is 18.8 Å². The molecule has 0 aromatic rings. The number of aliphatic hydroxyl groups excluding tert-OH is 1. The topological polar surface area (TPSA) is 374 Å². The van der Waals surface area contributed by atoms with Gasteiger partial charge in [-0.3, -0.25) is 32.3 Å². The number of aliphatic hydroxyl groups is 1. The molecule has 1 aliphatic heterocycles. The zero-order valence-corrected chi connectivity index (χ0v) is 28.0. The predicted octanol–water partition coefficient (Wildman–Crippen LogP) is -1.17. The summed E-state index contributed by atoms with van der Waals surface area (Å²) in [5.41, 5.74) is 7.27. The average molecular weight is 776 g/mol. The molecule has 0 saturated carbocycles. The smallest absolute Gasteiger partial charge is 0.280 e. The molecule has 1 rings (SSSR count). The van der Waals surface area contributed by atoms with Crippen LogP contribution in [-0.4, -0.2) is 36.2 Å². The second-order valence-electron chi connectivity index (χ2n) is 6.65. The summed E-state index contributed by atoms with van der Waals surface area (Å²) in [6, 6.07) is 0. The summed E-state index contributed by atoms with van der Waals surface area (Å²) in [5, 5.41) is 12.3. The second-order valence-corrected chi connectivity index (χ2v) is 16.3. The van der Waals surface area contributed by atoms with Crippen LogP contribution in [0.4, 0.5) is 0 Å². The summed E-state index contributed by atoms with van der Waals surface area (Å²) in [4.78, 5) is 71.0. The van der Waals surface area contributed by atoms with Crippen LogP contribution >= 0.6 is 46.7 Å². The molecule has 9 atom stereocenters. The van der Waals surface area contributed by atoms with Gasteiger partial charge in [-0.1, -0.05) is 0 Å². The van der Waals surface area contributed by atoms with Crippen molar-refractivity contribution in [3.8, 4) is 0 Å². The van der Waals surface area contributed by atoms with Crippen molar-refractivity contribution in [2.24, 2.45) is 5.11 Å². The molecule has 30 heteroatoms. The molecule has 0 aromatic carbocycles. The number of rotatable bonds is 15. The standard InChI is InChI=1S/C9H23O20P6.CH2N3.Y/c1-3-4-30(11,12)25-32(15,16)27-34(19,20)29-35(21,22)28-33(17,18)26-31(13,14)23-6-9-8(10)5-7(2)24-9;1-3-4-2;/h7-10H,1,3-6H2,2H3,(H,11,12)(H,13,14)(H,15,16)(H,17,18)(H,19,20)(H,21,22);1H2;/q2*-1;/p-6/t7-,8+,9+;;/m0../s1. The van der Waals surface area contributed by atoms with Gasteiger partial charge in [0.2, 0.25) is 0 Å². The zero-order valence-electron chi connectivity index (χ0n) is 19.8. The molecule has 0 amide bonds. The molecular formula is C10H19N3O20P6Y-8. The van der Waals surface area contributed by atoms with Crippen LogP contribution in [0.2, 0.25) is 0 Å². The summed E-state index contributed by atoms with van der Waals surface area (Å²) in [6.45, 7) is 3.60. The quantitative estimate of drug-likeness (QED) is 0.0673. The van der Waals surface area contributed by atoms with E-state index in [0.29, 0.717) is 0 Å². The van der Waals surface area contributed by atoms with Crippen molar-refractivity contribution in [3.63, 3.8) is 0 Å². The average Bonchev–Trinajstić information content (AvgIpc) is 2.98. The summed E-state index contributed by atoms with van der Waals surface area (Å²) in [7, 11) is -34.7. The normalized spacial score (nSPS) is 27.8. The van der Waals surface area contributed by atoms with E-state index in [-0.39, 0.29) is 39.1 Å². The van der Waals surface area contributed by atoms with Crippen LogP contribution in [0.5, 0.6) is 0 Å². The molecule has 235 valence electrons. The van der Waals surface area contributed by atoms with Gasteiger partial charge < -0.3 is 62.3 Å². The zero-order chi connectivity index (χ0) is 30.9. The fourth-order valence-corrected chi connectivity index (χ4v) is 10.1. The summed E-state index contributed by atoms with van der Waals surface area (Å²) in [5.74, 6) is 0. The number of hydrogen-bond donors (Lipinski definition) is 1. The van der Waals surface area contributed by atoms with Crippen molar-refractivity contribution in [1.82, 2.24) is 0 Å². The third kappa shape index (κ3) is 19.4. The molecule has 1 N–H and O–H groups in total. The Morgan fingerprint density at radius 3 is 1.60 bits per heavy atom. The molecule has 0 bridgehead atoms. The first kappa shape index (κ1) is 43.2. The number of hydrogen-bond acceptors (Lipinski definition) is 21. The first-order chi connectivity index (χ1) is 17.4. The minimum absolute atomic E-state index is 0. The fourth-order valence-electron chi connectivity index (χ4n) is 2.21. The van der Waals surface area contributed by atoms with Crippen molar-refractivity contribution in [2.45, 2.75) is 38.1 Å². The monoisotopic (exact) mass is 776 g/mol. The van der Waals surface area contributed by atoms with E-state index in [1.165, 1.54) is 6.92 Å². The third-order valence-corrected chi connectivity index (χ3v) is 12.9. The Labute approximate surface area is 251 Å². The number of phosphoric ester groups is 1. The molecule has 1 radical (unpaired) electrons. The number of azide groups is 1. The van der Waals surface area contributed by atoms with Crippen LogP contribution in [0.15, 0.2) is 5.11 Å². The Morgan fingerprint density at radius 2 is 1.27 bits per heavy atom. The van der Waals surface area contributed by atoms with E-state index >= 15 is 0 Å². The van der Waals surface area contributed by atoms with Crippen LogP contribution in [0.1, 0.15) is 19.8 Å². The van der Waals surface area contributed by atoms with Gasteiger partial charge in [0.15, 0.2) is 0 Å². The van der Waals surface area contributed by atoms with E-state index in [1.807, 2.05) is 0 Å². The van der Waals surface area contributed by atoms with Crippen molar-refractivity contribution in [3.05, 3.63) is 24.4 Å². The number of ether oxygens (including phenoxy) is 1. The first-order valence-corrected chi connectivity index (χ1v) is 18.4. The molecule has 1 heterocycles. The summed E-state index contributed by atoms with van der Waals surface area (Å²) < 4.78 is 94.2. The molecule has 6 unspecified atom stereocenters. The van der Waals surface area contributed by atoms with E-state index in [1.54, 1.807) is 0 Å². The van der Waals surface area contributed by atoms with E-state index in [0.717, 1.165) is 0 Å². The molecule has 23 nitrogen and oxygen atoms in total. The predicted molar refractivity (Wildman–Crippen MR) is 111 cm³/mol. The Kier molecular flexibility index (Phi) is 19.0. The molecule has 0 spiro atoms. The molecule has 0 aliphatic carbocycles. The van der Waals surface area contributed by atoms with Crippen LogP contribution in [0, 0.1) is 14.0 Å². The number of phosphoric acid groups is 5. The van der Waals surface area contributed by atoms with Crippen LogP contribution in [0.3, 0.4) is 0 Å². The molecule has 1 saturated heterocycles. The van der Waals surface area contributed by atoms with E-state index in [2.05, 4.69) is 50.1 Å². The van der Waals surface area contributed by atoms with Crippen LogP contribution in [-0.2, 0) is 90.9 Å². The van der Waals surface area contributed by atoms with E-state index < -0.39 is 84.2 Å². The maximum absolute atomic E-state index is 11.6. The molecule has 0 aromatic heterocycles. The van der Waals surface area contributed by atoms with Gasteiger partial charge >= 0.3 is 0 Å². The summed E-state index contributed by atoms with van der Waals surface area (Å²) in [6.07, 6.45) is -4.28. The van der Waals surface area contributed by atoms with Crippen LogP contribution in [0.25, 0.3) is 10.4 Å². The van der Waals surface area contributed by atoms with Crippen LogP contribution < -0.4 is 29.4 Å². The molecular weight excluding hydrogens is 757 g/mol. The van der Waals surface area contributed by atoms with Gasteiger partial charge in [-0.2, -0.15) is 6.42 Å². The Balaban J connectivity index is 0. The van der Waals surface area contributed by atoms with Gasteiger partial charge in [-0.15, -0.1) is 0 Å². The van der Waals surface area contributed by atoms with E-state index in [4.69, 9.17) is 10.3 Å². The van der Waals surface area contributed by atoms with Gasteiger partial charge in [0, 0.05) is 39.1 Å². The second kappa shape index (κ2) is 17.6. The minimum atomic E-state index is -6.73. The van der Waals surface area contributed by atoms with Crippen molar-refractivity contribution < 1.29 is 125 Å². The Hall–Kier alpha value is 1.10. The summed E-state index contributed by atoms with van der Waals surface area (Å²) >= 11 is 0. The minimum Gasteiger partial charge on any atom is -0.778 e. The molecule has 1 fully saturated rings. The van der Waals surface area contributed by atoms with Crippen molar-refractivity contribution in [1.29, 1.82) is 0 Å². The molecule has 40 heavy (non-hydrogen) atoms. The van der Waals surface area contributed by atoms with Crippen molar-refractivity contribution >= 4 is 46.7 Å². The van der Waals surface area contributed by atoms with Crippen molar-refractivity contribution in [2.75, 3.05) is 12.8 Å². The third-order valence-electron chi connectivity index (χ3n) is 3.33. The van der Waals surface area contributed by atoms with E-state index in [9.17, 15) is 61.9 Å². The largest absolute Gasteiger partial charge is 0.778 e. The SMILES string of the molecule is [CH2-]CCP(=O)([O-])OP(=O)([O-])OP(=O)([O-])OP(=O)([O-])OP(=O)([O-])OP(=O)([O-])OC[C@H]1O[C@@H](C)C[C@H]1O.[CH2-]N=[N+]=[N-].[Y]. The number of nitrogens with zero attached hydrogens (tertiary/aromatic N) is 3. The fraction of sp³-hybridized carbons (Fsp3) is 0.800. The van der Waals surface area contributed by atoms with Gasteiger partial charge in [-0.25, -0.2) is 17.2 Å². The van der Waals surface area contributed by atoms with Gasteiger partial charge in [0.25, 0.3) is 39.1 Å². The Morgan fingerprint density at radius 1 is 0.900 bits per heavy atom. The Bertz CT molecular complexity index is 1160. The van der Waals surface area contributed by atoms with Gasteiger partial charge in [0.1, 0.15) is 13.7 Å². The van der Waals surface area contributed by atoms with Gasteiger partial charge in [-0.05, 0) is 23.5 Å². The maximum Gasteiger partial charge on any atom is 0.280 e.